The number of carbonyl (C=O) groups excluding carboxylic acids is 1. The van der Waals surface area contributed by atoms with E-state index in [1.807, 2.05) is 6.07 Å². The van der Waals surface area contributed by atoms with Crippen LogP contribution < -0.4 is 5.32 Å². The van der Waals surface area contributed by atoms with Crippen molar-refractivity contribution >= 4 is 6.03 Å². The van der Waals surface area contributed by atoms with Gasteiger partial charge in [0.15, 0.2) is 0 Å². The van der Waals surface area contributed by atoms with Crippen molar-refractivity contribution in [1.82, 2.24) is 10.2 Å². The molecular weight excluding hydrogens is 130 g/mol. The summed E-state index contributed by atoms with van der Waals surface area (Å²) in [6.45, 7) is 1.64. The fourth-order valence-electron chi connectivity index (χ4n) is 0.915. The molecule has 0 aliphatic carbocycles. The van der Waals surface area contributed by atoms with Crippen molar-refractivity contribution in [3.8, 4) is 6.07 Å². The standard InChI is InChI=1S/C6H9N3O/c7-2-5-9-4-1-3-8-6(9)10/h1,3-5H2,(H,8,10). The minimum absolute atomic E-state index is 0.118. The SMILES string of the molecule is N#CCN1CCCNC1=O. The van der Waals surface area contributed by atoms with Crippen LogP contribution in [0.1, 0.15) is 6.42 Å². The molecule has 1 saturated heterocycles. The van der Waals surface area contributed by atoms with Crippen LogP contribution >= 0.6 is 0 Å². The minimum Gasteiger partial charge on any atom is -0.338 e. The second kappa shape index (κ2) is 3.06. The van der Waals surface area contributed by atoms with Gasteiger partial charge in [-0.1, -0.05) is 0 Å². The Morgan fingerprint density at radius 2 is 2.60 bits per heavy atom. The van der Waals surface area contributed by atoms with Crippen LogP contribution in [0.15, 0.2) is 0 Å². The Labute approximate surface area is 59.4 Å². The molecule has 4 nitrogen and oxygen atoms in total. The molecule has 4 heteroatoms. The van der Waals surface area contributed by atoms with Gasteiger partial charge in [-0.2, -0.15) is 5.26 Å². The van der Waals surface area contributed by atoms with Gasteiger partial charge in [-0.25, -0.2) is 4.79 Å². The molecule has 0 unspecified atom stereocenters. The normalized spacial score (nSPS) is 17.9. The summed E-state index contributed by atoms with van der Waals surface area (Å²) in [7, 11) is 0. The number of nitriles is 1. The zero-order valence-corrected chi connectivity index (χ0v) is 5.63. The van der Waals surface area contributed by atoms with Crippen molar-refractivity contribution in [2.24, 2.45) is 0 Å². The van der Waals surface area contributed by atoms with Gasteiger partial charge in [0.25, 0.3) is 0 Å². The van der Waals surface area contributed by atoms with Crippen molar-refractivity contribution in [3.63, 3.8) is 0 Å². The third-order valence-corrected chi connectivity index (χ3v) is 1.43. The Hall–Kier alpha value is -1.24. The number of hydrogen-bond donors (Lipinski definition) is 1. The zero-order chi connectivity index (χ0) is 7.40. The molecule has 0 radical (unpaired) electrons. The average Bonchev–Trinajstić information content (AvgIpc) is 1.94. The van der Waals surface area contributed by atoms with E-state index < -0.39 is 0 Å². The number of carbonyl (C=O) groups is 1. The van der Waals surface area contributed by atoms with Crippen molar-refractivity contribution in [3.05, 3.63) is 0 Å². The molecule has 1 N–H and O–H groups in total. The lowest BCUT2D eigenvalue weighted by Gasteiger charge is -2.24. The van der Waals surface area contributed by atoms with Crippen LogP contribution in [0.25, 0.3) is 0 Å². The summed E-state index contributed by atoms with van der Waals surface area (Å²) in [5.41, 5.74) is 0. The fourth-order valence-corrected chi connectivity index (χ4v) is 0.915. The molecule has 1 heterocycles. The summed E-state index contributed by atoms with van der Waals surface area (Å²) in [4.78, 5) is 12.4. The van der Waals surface area contributed by atoms with Gasteiger partial charge in [-0.05, 0) is 6.42 Å². The lowest BCUT2D eigenvalue weighted by atomic mass is 10.3. The zero-order valence-electron chi connectivity index (χ0n) is 5.63. The first kappa shape index (κ1) is 6.87. The highest BCUT2D eigenvalue weighted by atomic mass is 16.2. The lowest BCUT2D eigenvalue weighted by molar-refractivity contribution is 0.193. The van der Waals surface area contributed by atoms with Crippen LogP contribution in [0.2, 0.25) is 0 Å². The van der Waals surface area contributed by atoms with E-state index in [1.54, 1.807) is 0 Å². The number of rotatable bonds is 1. The van der Waals surface area contributed by atoms with E-state index in [-0.39, 0.29) is 12.6 Å². The van der Waals surface area contributed by atoms with E-state index in [0.717, 1.165) is 13.0 Å². The van der Waals surface area contributed by atoms with Gasteiger partial charge in [0.05, 0.1) is 6.07 Å². The minimum atomic E-state index is -0.118. The number of amides is 2. The second-order valence-corrected chi connectivity index (χ2v) is 2.17. The van der Waals surface area contributed by atoms with E-state index in [0.29, 0.717) is 6.54 Å². The van der Waals surface area contributed by atoms with Crippen molar-refractivity contribution < 1.29 is 4.79 Å². The van der Waals surface area contributed by atoms with E-state index in [4.69, 9.17) is 5.26 Å². The molecule has 1 aliphatic heterocycles. The number of nitrogens with zero attached hydrogens (tertiary/aromatic N) is 2. The topological polar surface area (TPSA) is 56.1 Å². The van der Waals surface area contributed by atoms with E-state index in [2.05, 4.69) is 5.32 Å². The highest BCUT2D eigenvalue weighted by Crippen LogP contribution is 1.96. The van der Waals surface area contributed by atoms with Crippen LogP contribution in [-0.2, 0) is 0 Å². The van der Waals surface area contributed by atoms with E-state index in [9.17, 15) is 4.79 Å². The van der Waals surface area contributed by atoms with Gasteiger partial charge >= 0.3 is 6.03 Å². The first-order chi connectivity index (χ1) is 4.84. The Kier molecular flexibility index (Phi) is 2.11. The highest BCUT2D eigenvalue weighted by molar-refractivity contribution is 5.75. The summed E-state index contributed by atoms with van der Waals surface area (Å²) in [6.07, 6.45) is 0.938. The molecule has 1 aliphatic rings. The van der Waals surface area contributed by atoms with Crippen molar-refractivity contribution in [2.75, 3.05) is 19.6 Å². The summed E-state index contributed by atoms with van der Waals surface area (Å²) in [6, 6.07) is 1.82. The highest BCUT2D eigenvalue weighted by Gasteiger charge is 2.15. The summed E-state index contributed by atoms with van der Waals surface area (Å²) in [5.74, 6) is 0. The maximum absolute atomic E-state index is 10.8. The number of hydrogen-bond acceptors (Lipinski definition) is 2. The Bertz CT molecular complexity index is 172. The van der Waals surface area contributed by atoms with Crippen LogP contribution in [0.3, 0.4) is 0 Å². The van der Waals surface area contributed by atoms with Gasteiger partial charge in [0.1, 0.15) is 6.54 Å². The molecule has 1 fully saturated rings. The maximum Gasteiger partial charge on any atom is 0.318 e. The lowest BCUT2D eigenvalue weighted by Crippen LogP contribution is -2.46. The number of urea groups is 1. The van der Waals surface area contributed by atoms with Crippen LogP contribution in [0.4, 0.5) is 4.79 Å². The van der Waals surface area contributed by atoms with Gasteiger partial charge in [-0.3, -0.25) is 0 Å². The fraction of sp³-hybridized carbons (Fsp3) is 0.667. The predicted octanol–water partition coefficient (Wildman–Crippen LogP) is -0.0747. The maximum atomic E-state index is 10.8. The Morgan fingerprint density at radius 3 is 3.20 bits per heavy atom. The Morgan fingerprint density at radius 1 is 1.80 bits per heavy atom. The molecule has 0 aromatic carbocycles. The molecule has 2 amide bonds. The molecule has 0 spiro atoms. The molecule has 0 bridgehead atoms. The van der Waals surface area contributed by atoms with E-state index >= 15 is 0 Å². The molecule has 0 aromatic heterocycles. The first-order valence-electron chi connectivity index (χ1n) is 3.24. The van der Waals surface area contributed by atoms with Crippen molar-refractivity contribution in [2.45, 2.75) is 6.42 Å². The first-order valence-corrected chi connectivity index (χ1v) is 3.24. The average molecular weight is 139 g/mol. The van der Waals surface area contributed by atoms with Gasteiger partial charge < -0.3 is 10.2 Å². The van der Waals surface area contributed by atoms with Crippen LogP contribution in [0, 0.1) is 11.3 Å². The second-order valence-electron chi connectivity index (χ2n) is 2.17. The summed E-state index contributed by atoms with van der Waals surface area (Å²) in [5, 5.41) is 10.9. The molecule has 54 valence electrons. The largest absolute Gasteiger partial charge is 0.338 e. The van der Waals surface area contributed by atoms with Gasteiger partial charge in [0.2, 0.25) is 0 Å². The Balaban J connectivity index is 2.42. The van der Waals surface area contributed by atoms with E-state index in [1.165, 1.54) is 4.90 Å². The summed E-state index contributed by atoms with van der Waals surface area (Å²) < 4.78 is 0. The smallest absolute Gasteiger partial charge is 0.318 e. The third kappa shape index (κ3) is 1.38. The molecule has 1 rings (SSSR count). The van der Waals surface area contributed by atoms with Gasteiger partial charge in [-0.15, -0.1) is 0 Å². The predicted molar refractivity (Wildman–Crippen MR) is 35.2 cm³/mol. The number of nitrogens with one attached hydrogen (secondary N) is 1. The molecule has 0 atom stereocenters. The molecule has 0 saturated carbocycles. The van der Waals surface area contributed by atoms with Crippen LogP contribution in [0.5, 0.6) is 0 Å². The monoisotopic (exact) mass is 139 g/mol. The molecule has 0 aromatic rings. The quantitative estimate of drug-likeness (QED) is 0.517. The van der Waals surface area contributed by atoms with Crippen molar-refractivity contribution in [1.29, 1.82) is 5.26 Å². The molecular formula is C6H9N3O. The van der Waals surface area contributed by atoms with Crippen LogP contribution in [-0.4, -0.2) is 30.6 Å². The van der Waals surface area contributed by atoms with Gasteiger partial charge in [0, 0.05) is 13.1 Å². The molecule has 10 heavy (non-hydrogen) atoms. The summed E-state index contributed by atoms with van der Waals surface area (Å²) >= 11 is 0. The third-order valence-electron chi connectivity index (χ3n) is 1.43.